The number of fused-ring (bicyclic) bond motifs is 1. The van der Waals surface area contributed by atoms with E-state index >= 15 is 0 Å². The Morgan fingerprint density at radius 1 is 1.34 bits per heavy atom. The number of carbonyl (C=O) groups excluding carboxylic acids is 2. The second-order valence-electron chi connectivity index (χ2n) is 5.93. The van der Waals surface area contributed by atoms with Crippen molar-refractivity contribution in [1.29, 1.82) is 0 Å². The van der Waals surface area contributed by atoms with Crippen molar-refractivity contribution in [2.24, 2.45) is 0 Å². The SMILES string of the molecule is CCOC(=O)c1sc2ncn(CC(=O)Nc3c(F)cc(F)cc3Br)c(=O)c2c1C. The van der Waals surface area contributed by atoms with Gasteiger partial charge in [-0.05, 0) is 41.4 Å². The molecule has 0 fully saturated rings. The second-order valence-corrected chi connectivity index (χ2v) is 7.78. The molecule has 1 N–H and O–H groups in total. The first-order valence-electron chi connectivity index (χ1n) is 8.33. The maximum atomic E-state index is 13.9. The van der Waals surface area contributed by atoms with Gasteiger partial charge in [-0.3, -0.25) is 14.2 Å². The summed E-state index contributed by atoms with van der Waals surface area (Å²) < 4.78 is 33.1. The minimum atomic E-state index is -0.959. The Morgan fingerprint density at radius 2 is 2.07 bits per heavy atom. The Morgan fingerprint density at radius 3 is 2.72 bits per heavy atom. The Kier molecular flexibility index (Phi) is 6.08. The number of anilines is 1. The van der Waals surface area contributed by atoms with Crippen LogP contribution in [0.2, 0.25) is 0 Å². The second kappa shape index (κ2) is 8.37. The fourth-order valence-corrected chi connectivity index (χ4v) is 4.20. The van der Waals surface area contributed by atoms with Crippen molar-refractivity contribution in [2.45, 2.75) is 20.4 Å². The van der Waals surface area contributed by atoms with Gasteiger partial charge >= 0.3 is 5.97 Å². The molecule has 0 radical (unpaired) electrons. The monoisotopic (exact) mass is 485 g/mol. The van der Waals surface area contributed by atoms with E-state index in [9.17, 15) is 23.2 Å². The minimum absolute atomic E-state index is 0.0250. The molecule has 3 rings (SSSR count). The molecule has 0 unspecified atom stereocenters. The molecule has 2 aromatic heterocycles. The average molecular weight is 486 g/mol. The number of carbonyl (C=O) groups is 2. The number of rotatable bonds is 5. The van der Waals surface area contributed by atoms with E-state index in [2.05, 4.69) is 26.2 Å². The summed E-state index contributed by atoms with van der Waals surface area (Å²) in [5, 5.41) is 2.51. The number of benzene rings is 1. The Bertz CT molecular complexity index is 1170. The number of amides is 1. The largest absolute Gasteiger partial charge is 0.462 e. The molecular formula is C18H14BrF2N3O4S. The summed E-state index contributed by atoms with van der Waals surface area (Å²) in [6.45, 7) is 3.02. The fraction of sp³-hybridized carbons (Fsp3) is 0.222. The van der Waals surface area contributed by atoms with Gasteiger partial charge in [0.15, 0.2) is 5.82 Å². The first kappa shape index (κ1) is 21.1. The van der Waals surface area contributed by atoms with Crippen LogP contribution in [0.1, 0.15) is 22.2 Å². The number of nitrogens with one attached hydrogen (secondary N) is 1. The molecule has 2 heterocycles. The first-order chi connectivity index (χ1) is 13.7. The topological polar surface area (TPSA) is 90.3 Å². The predicted octanol–water partition coefficient (Wildman–Crippen LogP) is 3.62. The highest BCUT2D eigenvalue weighted by Gasteiger charge is 2.21. The van der Waals surface area contributed by atoms with Gasteiger partial charge in [-0.2, -0.15) is 0 Å². The van der Waals surface area contributed by atoms with Crippen molar-refractivity contribution < 1.29 is 23.1 Å². The number of esters is 1. The molecular weight excluding hydrogens is 472 g/mol. The summed E-state index contributed by atoms with van der Waals surface area (Å²) in [6, 6.07) is 1.63. The van der Waals surface area contributed by atoms with Crippen molar-refractivity contribution in [2.75, 3.05) is 11.9 Å². The number of ether oxygens (including phenoxy) is 1. The standard InChI is InChI=1S/C18H14BrF2N3O4S/c1-3-28-18(27)15-8(2)13-16(29-15)22-7-24(17(13)26)6-12(25)23-14-10(19)4-9(20)5-11(14)21/h4-5,7H,3,6H2,1-2H3,(H,23,25). The van der Waals surface area contributed by atoms with Crippen LogP contribution in [-0.4, -0.2) is 28.0 Å². The summed E-state index contributed by atoms with van der Waals surface area (Å²) in [4.78, 5) is 41.8. The van der Waals surface area contributed by atoms with E-state index in [1.54, 1.807) is 13.8 Å². The quantitative estimate of drug-likeness (QED) is 0.557. The van der Waals surface area contributed by atoms with E-state index in [-0.39, 0.29) is 27.0 Å². The highest BCUT2D eigenvalue weighted by molar-refractivity contribution is 9.10. The summed E-state index contributed by atoms with van der Waals surface area (Å²) in [5.74, 6) is -3.02. The molecule has 11 heteroatoms. The van der Waals surface area contributed by atoms with Crippen LogP contribution in [0.3, 0.4) is 0 Å². The number of hydrogen-bond acceptors (Lipinski definition) is 6. The summed E-state index contributed by atoms with van der Waals surface area (Å²) >= 11 is 4.01. The Labute approximate surface area is 175 Å². The van der Waals surface area contributed by atoms with Crippen molar-refractivity contribution in [3.8, 4) is 0 Å². The van der Waals surface area contributed by atoms with Crippen LogP contribution in [0.15, 0.2) is 27.7 Å². The van der Waals surface area contributed by atoms with Gasteiger partial charge in [0, 0.05) is 10.5 Å². The van der Waals surface area contributed by atoms with Crippen LogP contribution in [0, 0.1) is 18.6 Å². The van der Waals surface area contributed by atoms with Crippen molar-refractivity contribution in [3.05, 3.63) is 55.4 Å². The molecule has 0 saturated carbocycles. The molecule has 3 aromatic rings. The predicted molar refractivity (Wildman–Crippen MR) is 107 cm³/mol. The van der Waals surface area contributed by atoms with Gasteiger partial charge in [0.1, 0.15) is 22.1 Å². The number of aromatic nitrogens is 2. The first-order valence-corrected chi connectivity index (χ1v) is 9.94. The van der Waals surface area contributed by atoms with E-state index in [0.29, 0.717) is 16.5 Å². The maximum Gasteiger partial charge on any atom is 0.348 e. The lowest BCUT2D eigenvalue weighted by Crippen LogP contribution is -2.28. The van der Waals surface area contributed by atoms with Gasteiger partial charge < -0.3 is 10.1 Å². The highest BCUT2D eigenvalue weighted by atomic mass is 79.9. The third-order valence-corrected chi connectivity index (χ3v) is 5.77. The number of aryl methyl sites for hydroxylation is 1. The van der Waals surface area contributed by atoms with Crippen LogP contribution < -0.4 is 10.9 Å². The molecule has 0 spiro atoms. The van der Waals surface area contributed by atoms with Crippen molar-refractivity contribution in [1.82, 2.24) is 9.55 Å². The van der Waals surface area contributed by atoms with Crippen molar-refractivity contribution in [3.63, 3.8) is 0 Å². The molecule has 0 aliphatic carbocycles. The lowest BCUT2D eigenvalue weighted by molar-refractivity contribution is -0.116. The normalized spacial score (nSPS) is 10.9. The Hall–Kier alpha value is -2.66. The van der Waals surface area contributed by atoms with Gasteiger partial charge in [-0.25, -0.2) is 18.6 Å². The zero-order valence-corrected chi connectivity index (χ0v) is 17.6. The molecule has 0 bridgehead atoms. The number of halogens is 3. The third kappa shape index (κ3) is 4.20. The molecule has 7 nitrogen and oxygen atoms in total. The number of thiophene rings is 1. The van der Waals surface area contributed by atoms with E-state index in [4.69, 9.17) is 4.74 Å². The summed E-state index contributed by atoms with van der Waals surface area (Å²) in [5.41, 5.74) is -0.342. The van der Waals surface area contributed by atoms with E-state index in [1.165, 1.54) is 6.33 Å². The zero-order chi connectivity index (χ0) is 21.3. The lowest BCUT2D eigenvalue weighted by Gasteiger charge is -2.10. The summed E-state index contributed by atoms with van der Waals surface area (Å²) in [7, 11) is 0. The molecule has 0 saturated heterocycles. The highest BCUT2D eigenvalue weighted by Crippen LogP contribution is 2.28. The number of hydrogen-bond donors (Lipinski definition) is 1. The fourth-order valence-electron chi connectivity index (χ4n) is 2.66. The molecule has 1 amide bonds. The van der Waals surface area contributed by atoms with Crippen molar-refractivity contribution >= 4 is 55.0 Å². The van der Waals surface area contributed by atoms with Gasteiger partial charge in [0.2, 0.25) is 5.91 Å². The van der Waals surface area contributed by atoms with E-state index in [1.807, 2.05) is 0 Å². The number of nitrogens with zero attached hydrogens (tertiary/aromatic N) is 2. The minimum Gasteiger partial charge on any atom is -0.462 e. The van der Waals surface area contributed by atoms with Gasteiger partial charge in [0.05, 0.1) is 24.0 Å². The molecule has 1 aromatic carbocycles. The lowest BCUT2D eigenvalue weighted by atomic mass is 10.2. The average Bonchev–Trinajstić information content (AvgIpc) is 2.98. The van der Waals surface area contributed by atoms with E-state index < -0.39 is 35.6 Å². The molecule has 29 heavy (non-hydrogen) atoms. The third-order valence-electron chi connectivity index (χ3n) is 3.96. The molecule has 0 aliphatic heterocycles. The van der Waals surface area contributed by atoms with Crippen LogP contribution in [0.25, 0.3) is 10.2 Å². The zero-order valence-electron chi connectivity index (χ0n) is 15.2. The van der Waals surface area contributed by atoms with Gasteiger partial charge in [-0.1, -0.05) is 0 Å². The van der Waals surface area contributed by atoms with Crippen LogP contribution >= 0.6 is 27.3 Å². The smallest absolute Gasteiger partial charge is 0.348 e. The molecule has 152 valence electrons. The summed E-state index contributed by atoms with van der Waals surface area (Å²) in [6.07, 6.45) is 1.17. The maximum absolute atomic E-state index is 13.9. The Balaban J connectivity index is 1.90. The van der Waals surface area contributed by atoms with Crippen LogP contribution in [-0.2, 0) is 16.1 Å². The van der Waals surface area contributed by atoms with Crippen LogP contribution in [0.4, 0.5) is 14.5 Å². The molecule has 0 aliphatic rings. The van der Waals surface area contributed by atoms with E-state index in [0.717, 1.165) is 22.0 Å². The molecule has 0 atom stereocenters. The van der Waals surface area contributed by atoms with Crippen LogP contribution in [0.5, 0.6) is 0 Å². The van der Waals surface area contributed by atoms with Gasteiger partial charge in [0.25, 0.3) is 5.56 Å². The van der Waals surface area contributed by atoms with Gasteiger partial charge in [-0.15, -0.1) is 11.3 Å².